The SMILES string of the molecule is Cc1c(S(=O)(=O)Cl)cnn1-c1cccc([N+](=O)[O-])c1. The van der Waals surface area contributed by atoms with Gasteiger partial charge >= 0.3 is 0 Å². The summed E-state index contributed by atoms with van der Waals surface area (Å²) >= 11 is 0. The Morgan fingerprint density at radius 2 is 2.11 bits per heavy atom. The van der Waals surface area contributed by atoms with Crippen molar-refractivity contribution in [1.29, 1.82) is 0 Å². The van der Waals surface area contributed by atoms with Gasteiger partial charge in [-0.15, -0.1) is 0 Å². The lowest BCUT2D eigenvalue weighted by Gasteiger charge is -2.04. The number of non-ortho nitro benzene ring substituents is 1. The van der Waals surface area contributed by atoms with Crippen LogP contribution >= 0.6 is 10.7 Å². The molecule has 0 fully saturated rings. The molecule has 0 atom stereocenters. The Morgan fingerprint density at radius 1 is 1.42 bits per heavy atom. The largest absolute Gasteiger partial charge is 0.271 e. The summed E-state index contributed by atoms with van der Waals surface area (Å²) in [4.78, 5) is 10.0. The van der Waals surface area contributed by atoms with Gasteiger partial charge in [0.1, 0.15) is 4.90 Å². The molecule has 0 aliphatic heterocycles. The summed E-state index contributed by atoms with van der Waals surface area (Å²) in [6.45, 7) is 1.51. The van der Waals surface area contributed by atoms with Crippen LogP contribution in [-0.4, -0.2) is 23.1 Å². The first-order chi connectivity index (χ1) is 8.80. The molecular formula is C10H8ClN3O4S. The maximum absolute atomic E-state index is 11.3. The van der Waals surface area contributed by atoms with Crippen LogP contribution in [0.5, 0.6) is 0 Å². The predicted octanol–water partition coefficient (Wildman–Crippen LogP) is 2.02. The van der Waals surface area contributed by atoms with Gasteiger partial charge in [0.2, 0.25) is 0 Å². The highest BCUT2D eigenvalue weighted by atomic mass is 35.7. The van der Waals surface area contributed by atoms with Gasteiger partial charge in [-0.2, -0.15) is 5.10 Å². The molecular weight excluding hydrogens is 294 g/mol. The molecule has 0 spiro atoms. The van der Waals surface area contributed by atoms with Gasteiger partial charge in [-0.05, 0) is 13.0 Å². The molecule has 7 nitrogen and oxygen atoms in total. The van der Waals surface area contributed by atoms with E-state index >= 15 is 0 Å². The Morgan fingerprint density at radius 3 is 2.63 bits per heavy atom. The van der Waals surface area contributed by atoms with E-state index in [0.29, 0.717) is 5.69 Å². The smallest absolute Gasteiger partial charge is 0.258 e. The number of hydrogen-bond acceptors (Lipinski definition) is 5. The third-order valence-corrected chi connectivity index (χ3v) is 3.94. The molecule has 0 unspecified atom stereocenters. The number of hydrogen-bond donors (Lipinski definition) is 0. The Balaban J connectivity index is 2.58. The minimum atomic E-state index is -3.89. The van der Waals surface area contributed by atoms with Crippen LogP contribution in [0.1, 0.15) is 5.69 Å². The van der Waals surface area contributed by atoms with Crippen LogP contribution < -0.4 is 0 Å². The molecule has 0 bridgehead atoms. The third kappa shape index (κ3) is 2.59. The van der Waals surface area contributed by atoms with E-state index in [1.54, 1.807) is 6.07 Å². The fourth-order valence-corrected chi connectivity index (χ4v) is 2.70. The molecule has 1 aromatic heterocycles. The van der Waals surface area contributed by atoms with Crippen molar-refractivity contribution in [3.63, 3.8) is 0 Å². The number of halogens is 1. The van der Waals surface area contributed by atoms with E-state index in [1.165, 1.54) is 29.8 Å². The summed E-state index contributed by atoms with van der Waals surface area (Å²) in [5.74, 6) is 0. The number of rotatable bonds is 3. The third-order valence-electron chi connectivity index (χ3n) is 2.51. The first-order valence-corrected chi connectivity index (χ1v) is 7.36. The average molecular weight is 302 g/mol. The van der Waals surface area contributed by atoms with Gasteiger partial charge < -0.3 is 0 Å². The van der Waals surface area contributed by atoms with Crippen molar-refractivity contribution in [2.45, 2.75) is 11.8 Å². The second kappa shape index (κ2) is 4.63. The van der Waals surface area contributed by atoms with Crippen LogP contribution in [0, 0.1) is 17.0 Å². The zero-order valence-electron chi connectivity index (χ0n) is 9.65. The van der Waals surface area contributed by atoms with Gasteiger partial charge in [0.15, 0.2) is 0 Å². The van der Waals surface area contributed by atoms with Crippen LogP contribution in [0.25, 0.3) is 5.69 Å². The van der Waals surface area contributed by atoms with Crippen LogP contribution in [0.2, 0.25) is 0 Å². The van der Waals surface area contributed by atoms with Crippen molar-refractivity contribution in [2.75, 3.05) is 0 Å². The summed E-state index contributed by atoms with van der Waals surface area (Å²) < 4.78 is 23.8. The molecule has 0 saturated carbocycles. The Hall–Kier alpha value is -1.93. The maximum Gasteiger partial charge on any atom is 0.271 e. The molecule has 1 heterocycles. The van der Waals surface area contributed by atoms with Crippen molar-refractivity contribution >= 4 is 25.4 Å². The van der Waals surface area contributed by atoms with Gasteiger partial charge in [0.05, 0.1) is 22.5 Å². The molecule has 1 aromatic carbocycles. The van der Waals surface area contributed by atoms with Crippen molar-refractivity contribution in [2.24, 2.45) is 0 Å². The van der Waals surface area contributed by atoms with Gasteiger partial charge in [0.25, 0.3) is 14.7 Å². The fraction of sp³-hybridized carbons (Fsp3) is 0.100. The number of benzene rings is 1. The van der Waals surface area contributed by atoms with E-state index in [1.807, 2.05) is 0 Å². The van der Waals surface area contributed by atoms with Crippen LogP contribution in [-0.2, 0) is 9.05 Å². The molecule has 0 N–H and O–H groups in total. The maximum atomic E-state index is 11.3. The van der Waals surface area contributed by atoms with Gasteiger partial charge in [0, 0.05) is 22.8 Å². The number of aromatic nitrogens is 2. The zero-order chi connectivity index (χ0) is 14.2. The quantitative estimate of drug-likeness (QED) is 0.491. The summed E-state index contributed by atoms with van der Waals surface area (Å²) in [6.07, 6.45) is 1.11. The lowest BCUT2D eigenvalue weighted by molar-refractivity contribution is -0.384. The molecule has 0 aliphatic carbocycles. The summed E-state index contributed by atoms with van der Waals surface area (Å²) in [6, 6.07) is 5.70. The van der Waals surface area contributed by atoms with Crippen molar-refractivity contribution in [3.05, 3.63) is 46.3 Å². The Labute approximate surface area is 113 Å². The highest BCUT2D eigenvalue weighted by Gasteiger charge is 2.19. The highest BCUT2D eigenvalue weighted by molar-refractivity contribution is 8.13. The normalized spacial score (nSPS) is 11.5. The first kappa shape index (κ1) is 13.5. The standard InChI is InChI=1S/C10H8ClN3O4S/c1-7-10(19(11,17)18)6-12-13(7)8-3-2-4-9(5-8)14(15)16/h2-6H,1H3. The second-order valence-corrected chi connectivity index (χ2v) is 6.26. The predicted molar refractivity (Wildman–Crippen MR) is 68.0 cm³/mol. The van der Waals surface area contributed by atoms with Gasteiger partial charge in [-0.1, -0.05) is 6.07 Å². The molecule has 9 heteroatoms. The van der Waals surface area contributed by atoms with Gasteiger partial charge in [-0.3, -0.25) is 10.1 Å². The summed E-state index contributed by atoms with van der Waals surface area (Å²) in [7, 11) is 1.36. The van der Waals surface area contributed by atoms with Crippen LogP contribution in [0.3, 0.4) is 0 Å². The number of nitro benzene ring substituents is 1. The minimum absolute atomic E-state index is 0.109. The lowest BCUT2D eigenvalue weighted by Crippen LogP contribution is -2.01. The van der Waals surface area contributed by atoms with Crippen LogP contribution in [0.15, 0.2) is 35.4 Å². The van der Waals surface area contributed by atoms with E-state index in [-0.39, 0.29) is 16.3 Å². The first-order valence-electron chi connectivity index (χ1n) is 5.05. The van der Waals surface area contributed by atoms with E-state index in [2.05, 4.69) is 5.10 Å². The molecule has 0 aliphatic rings. The average Bonchev–Trinajstić information content (AvgIpc) is 2.71. The summed E-state index contributed by atoms with van der Waals surface area (Å²) in [5.41, 5.74) is 0.566. The monoisotopic (exact) mass is 301 g/mol. The molecule has 100 valence electrons. The molecule has 0 saturated heterocycles. The van der Waals surface area contributed by atoms with E-state index in [0.717, 1.165) is 6.20 Å². The van der Waals surface area contributed by atoms with E-state index < -0.39 is 14.0 Å². The van der Waals surface area contributed by atoms with Crippen molar-refractivity contribution < 1.29 is 13.3 Å². The summed E-state index contributed by atoms with van der Waals surface area (Å²) in [5, 5.41) is 14.6. The second-order valence-electron chi connectivity index (χ2n) is 3.72. The lowest BCUT2D eigenvalue weighted by atomic mass is 10.3. The number of nitrogens with zero attached hydrogens (tertiary/aromatic N) is 3. The number of nitro groups is 1. The molecule has 0 amide bonds. The molecule has 2 aromatic rings. The Kier molecular flexibility index (Phi) is 3.29. The molecule has 19 heavy (non-hydrogen) atoms. The minimum Gasteiger partial charge on any atom is -0.258 e. The molecule has 2 rings (SSSR count). The van der Waals surface area contributed by atoms with E-state index in [4.69, 9.17) is 10.7 Å². The van der Waals surface area contributed by atoms with Gasteiger partial charge in [-0.25, -0.2) is 13.1 Å². The van der Waals surface area contributed by atoms with Crippen molar-refractivity contribution in [1.82, 2.24) is 9.78 Å². The molecule has 0 radical (unpaired) electrons. The van der Waals surface area contributed by atoms with Crippen molar-refractivity contribution in [3.8, 4) is 5.69 Å². The van der Waals surface area contributed by atoms with E-state index in [9.17, 15) is 18.5 Å². The highest BCUT2D eigenvalue weighted by Crippen LogP contribution is 2.23. The fourth-order valence-electron chi connectivity index (χ4n) is 1.63. The Bertz CT molecular complexity index is 754. The zero-order valence-corrected chi connectivity index (χ0v) is 11.2. The van der Waals surface area contributed by atoms with Crippen LogP contribution in [0.4, 0.5) is 5.69 Å². The topological polar surface area (TPSA) is 95.1 Å².